The van der Waals surface area contributed by atoms with Gasteiger partial charge < -0.3 is 5.11 Å². The minimum Gasteiger partial charge on any atom is -0.480 e. The Balaban J connectivity index is 2.18. The van der Waals surface area contributed by atoms with Crippen LogP contribution in [0.5, 0.6) is 0 Å². The molecule has 0 radical (unpaired) electrons. The van der Waals surface area contributed by atoms with E-state index >= 15 is 0 Å². The normalized spacial score (nSPS) is 19.5. The number of likely N-dealkylation sites (tertiary alicyclic amines) is 1. The van der Waals surface area contributed by atoms with Gasteiger partial charge in [0.2, 0.25) is 0 Å². The molecule has 1 fully saturated rings. The van der Waals surface area contributed by atoms with Gasteiger partial charge in [0.1, 0.15) is 6.04 Å². The predicted molar refractivity (Wildman–Crippen MR) is 94.8 cm³/mol. The maximum atomic E-state index is 13.6. The second-order valence-electron chi connectivity index (χ2n) is 6.28. The summed E-state index contributed by atoms with van der Waals surface area (Å²) in [6.45, 7) is 0.431. The maximum absolute atomic E-state index is 13.6. The Hall–Kier alpha value is -1.86. The number of hydrogen-bond donors (Lipinski definition) is 1. The second kappa shape index (κ2) is 7.40. The number of halogens is 4. The first kappa shape index (κ1) is 18.9. The summed E-state index contributed by atoms with van der Waals surface area (Å²) in [7, 11) is 0. The highest BCUT2D eigenvalue weighted by Crippen LogP contribution is 2.41. The van der Waals surface area contributed by atoms with Gasteiger partial charge in [-0.1, -0.05) is 46.3 Å². The third-order valence-electron chi connectivity index (χ3n) is 4.64. The van der Waals surface area contributed by atoms with Crippen molar-refractivity contribution in [3.05, 3.63) is 69.7 Å². The Bertz CT molecular complexity index is 809. The number of nitrogens with zero attached hydrogens (tertiary/aromatic N) is 1. The fourth-order valence-electron chi connectivity index (χ4n) is 3.58. The minimum atomic E-state index is -4.51. The van der Waals surface area contributed by atoms with Crippen molar-refractivity contribution < 1.29 is 23.1 Å². The van der Waals surface area contributed by atoms with Crippen molar-refractivity contribution in [2.24, 2.45) is 0 Å². The first-order valence-corrected chi connectivity index (χ1v) is 8.98. The van der Waals surface area contributed by atoms with Crippen LogP contribution in [0.2, 0.25) is 0 Å². The van der Waals surface area contributed by atoms with Gasteiger partial charge in [0.05, 0.1) is 11.6 Å². The van der Waals surface area contributed by atoms with E-state index < -0.39 is 29.8 Å². The molecule has 0 aromatic heterocycles. The van der Waals surface area contributed by atoms with E-state index in [2.05, 4.69) is 15.9 Å². The Morgan fingerprint density at radius 3 is 2.58 bits per heavy atom. The molecule has 3 rings (SSSR count). The number of carbonyl (C=O) groups is 1. The summed E-state index contributed by atoms with van der Waals surface area (Å²) < 4.78 is 41.5. The van der Waals surface area contributed by atoms with Crippen molar-refractivity contribution in [1.29, 1.82) is 0 Å². The Kier molecular flexibility index (Phi) is 5.39. The van der Waals surface area contributed by atoms with Gasteiger partial charge in [0.25, 0.3) is 0 Å². The van der Waals surface area contributed by atoms with Crippen LogP contribution in [0.3, 0.4) is 0 Å². The molecule has 138 valence electrons. The van der Waals surface area contributed by atoms with Gasteiger partial charge in [-0.2, -0.15) is 13.2 Å². The Morgan fingerprint density at radius 2 is 1.92 bits per heavy atom. The lowest BCUT2D eigenvalue weighted by Crippen LogP contribution is -2.39. The first-order chi connectivity index (χ1) is 12.3. The predicted octanol–water partition coefficient (Wildman–Crippen LogP) is 5.11. The Morgan fingerprint density at radius 1 is 1.19 bits per heavy atom. The van der Waals surface area contributed by atoms with Gasteiger partial charge in [-0.05, 0) is 42.2 Å². The zero-order chi connectivity index (χ0) is 18.9. The molecule has 1 N–H and O–H groups in total. The summed E-state index contributed by atoms with van der Waals surface area (Å²) >= 11 is 3.36. The lowest BCUT2D eigenvalue weighted by Gasteiger charge is -2.33. The zero-order valence-corrected chi connectivity index (χ0v) is 15.3. The number of hydrogen-bond acceptors (Lipinski definition) is 2. The molecule has 2 aromatic carbocycles. The maximum Gasteiger partial charge on any atom is 0.416 e. The quantitative estimate of drug-likeness (QED) is 0.736. The number of aliphatic carboxylic acids is 1. The molecule has 2 aromatic rings. The van der Waals surface area contributed by atoms with Crippen molar-refractivity contribution in [3.63, 3.8) is 0 Å². The molecule has 1 aliphatic rings. The van der Waals surface area contributed by atoms with E-state index in [4.69, 9.17) is 0 Å². The van der Waals surface area contributed by atoms with E-state index in [1.807, 2.05) is 0 Å². The third-order valence-corrected chi connectivity index (χ3v) is 5.13. The van der Waals surface area contributed by atoms with E-state index in [1.165, 1.54) is 12.1 Å². The molecular formula is C19H17BrF3NO2. The summed E-state index contributed by atoms with van der Waals surface area (Å²) in [5.41, 5.74) is -0.0310. The summed E-state index contributed by atoms with van der Waals surface area (Å²) in [5.74, 6) is -1.01. The van der Waals surface area contributed by atoms with Crippen LogP contribution in [-0.4, -0.2) is 28.6 Å². The van der Waals surface area contributed by atoms with E-state index in [0.29, 0.717) is 24.9 Å². The topological polar surface area (TPSA) is 40.5 Å². The van der Waals surface area contributed by atoms with Crippen molar-refractivity contribution in [1.82, 2.24) is 4.90 Å². The molecule has 0 bridgehead atoms. The molecule has 0 spiro atoms. The van der Waals surface area contributed by atoms with Crippen LogP contribution in [0, 0.1) is 0 Å². The van der Waals surface area contributed by atoms with Crippen LogP contribution >= 0.6 is 15.9 Å². The fourth-order valence-corrected chi connectivity index (χ4v) is 4.00. The van der Waals surface area contributed by atoms with Gasteiger partial charge in [0, 0.05) is 11.0 Å². The van der Waals surface area contributed by atoms with Crippen LogP contribution in [0.25, 0.3) is 0 Å². The number of rotatable bonds is 4. The van der Waals surface area contributed by atoms with Crippen molar-refractivity contribution in [2.45, 2.75) is 31.1 Å². The molecule has 26 heavy (non-hydrogen) atoms. The average Bonchev–Trinajstić information content (AvgIpc) is 3.04. The molecular weight excluding hydrogens is 411 g/mol. The average molecular weight is 428 g/mol. The molecule has 0 amide bonds. The Labute approximate surface area is 157 Å². The summed E-state index contributed by atoms with van der Waals surface area (Å²) in [6.07, 6.45) is -3.46. The molecule has 0 saturated carbocycles. The van der Waals surface area contributed by atoms with Crippen molar-refractivity contribution in [2.75, 3.05) is 6.54 Å². The highest BCUT2D eigenvalue weighted by molar-refractivity contribution is 9.10. The van der Waals surface area contributed by atoms with Crippen LogP contribution in [0.1, 0.15) is 35.6 Å². The van der Waals surface area contributed by atoms with Crippen molar-refractivity contribution in [3.8, 4) is 0 Å². The monoisotopic (exact) mass is 427 g/mol. The van der Waals surface area contributed by atoms with Crippen LogP contribution in [-0.2, 0) is 11.0 Å². The van der Waals surface area contributed by atoms with Gasteiger partial charge >= 0.3 is 12.1 Å². The van der Waals surface area contributed by atoms with Crippen LogP contribution < -0.4 is 0 Å². The molecule has 1 aliphatic heterocycles. The van der Waals surface area contributed by atoms with Crippen molar-refractivity contribution >= 4 is 21.9 Å². The smallest absolute Gasteiger partial charge is 0.416 e. The third kappa shape index (κ3) is 3.78. The largest absolute Gasteiger partial charge is 0.480 e. The first-order valence-electron chi connectivity index (χ1n) is 8.19. The number of alkyl halides is 3. The lowest BCUT2D eigenvalue weighted by molar-refractivity contribution is -0.143. The molecule has 7 heteroatoms. The van der Waals surface area contributed by atoms with Gasteiger partial charge in [0.15, 0.2) is 0 Å². The van der Waals surface area contributed by atoms with Gasteiger partial charge in [-0.15, -0.1) is 0 Å². The van der Waals surface area contributed by atoms with Crippen LogP contribution in [0.15, 0.2) is 53.0 Å². The van der Waals surface area contributed by atoms with E-state index in [-0.39, 0.29) is 5.56 Å². The van der Waals surface area contributed by atoms with E-state index in [0.717, 1.165) is 10.5 Å². The second-order valence-corrected chi connectivity index (χ2v) is 7.19. The minimum absolute atomic E-state index is 0.0752. The number of carboxylic acids is 1. The highest BCUT2D eigenvalue weighted by Gasteiger charge is 2.41. The summed E-state index contributed by atoms with van der Waals surface area (Å²) in [5, 5.41) is 9.54. The lowest BCUT2D eigenvalue weighted by atomic mass is 9.92. The summed E-state index contributed by atoms with van der Waals surface area (Å²) in [6, 6.07) is 10.8. The molecule has 2 unspecified atom stereocenters. The fraction of sp³-hybridized carbons (Fsp3) is 0.316. The standard InChI is InChI=1S/C19H17BrF3NO2/c20-13-6-3-5-12(11-13)17(24-10-4-9-16(24)18(25)26)14-7-1-2-8-15(14)19(21,22)23/h1-3,5-8,11,16-17H,4,9-10H2,(H,25,26). The van der Waals surface area contributed by atoms with Gasteiger partial charge in [-0.25, -0.2) is 0 Å². The molecule has 0 aliphatic carbocycles. The molecule has 1 saturated heterocycles. The van der Waals surface area contributed by atoms with Gasteiger partial charge in [-0.3, -0.25) is 9.69 Å². The van der Waals surface area contributed by atoms with E-state index in [9.17, 15) is 23.1 Å². The SMILES string of the molecule is O=C(O)C1CCCN1C(c1cccc(Br)c1)c1ccccc1C(F)(F)F. The highest BCUT2D eigenvalue weighted by atomic mass is 79.9. The van der Waals surface area contributed by atoms with Crippen LogP contribution in [0.4, 0.5) is 13.2 Å². The number of benzene rings is 2. The molecule has 3 nitrogen and oxygen atoms in total. The zero-order valence-electron chi connectivity index (χ0n) is 13.7. The number of carboxylic acid groups (broad SMARTS) is 1. The van der Waals surface area contributed by atoms with E-state index in [1.54, 1.807) is 35.2 Å². The molecule has 1 heterocycles. The molecule has 2 atom stereocenters. The summed E-state index contributed by atoms with van der Waals surface area (Å²) in [4.78, 5) is 13.3.